The van der Waals surface area contributed by atoms with Gasteiger partial charge in [-0.1, -0.05) is 73.4 Å². The Morgan fingerprint density at radius 3 is 2.38 bits per heavy atom. The molecule has 0 radical (unpaired) electrons. The van der Waals surface area contributed by atoms with Crippen molar-refractivity contribution in [3.63, 3.8) is 0 Å². The molecule has 1 unspecified atom stereocenters. The summed E-state index contributed by atoms with van der Waals surface area (Å²) in [5.41, 5.74) is 1.31. The summed E-state index contributed by atoms with van der Waals surface area (Å²) in [7, 11) is 0. The minimum Gasteiger partial charge on any atom is -0.332 e. The van der Waals surface area contributed by atoms with Crippen LogP contribution in [-0.2, 0) is 11.2 Å². The smallest absolute Gasteiger partial charge is 0.332 e. The number of aromatic nitrogens is 2. The highest BCUT2D eigenvalue weighted by molar-refractivity contribution is 6.30. The van der Waals surface area contributed by atoms with Crippen molar-refractivity contribution in [3.05, 3.63) is 86.1 Å². The summed E-state index contributed by atoms with van der Waals surface area (Å²) in [5, 5.41) is 5.15. The molecule has 2 heterocycles. The third kappa shape index (κ3) is 4.80. The molecule has 6 nitrogen and oxygen atoms in total. The van der Waals surface area contributed by atoms with E-state index in [2.05, 4.69) is 35.0 Å². The molecule has 180 valence electrons. The summed E-state index contributed by atoms with van der Waals surface area (Å²) in [6, 6.07) is 15.5. The number of carbonyl (C=O) groups excluding carboxylic acids is 1. The average molecular weight is 502 g/mol. The first-order chi connectivity index (χ1) is 16.3. The fourth-order valence-electron chi connectivity index (χ4n) is 5.34. The summed E-state index contributed by atoms with van der Waals surface area (Å²) >= 11 is 12.6. The van der Waals surface area contributed by atoms with E-state index >= 15 is 0 Å². The molecule has 1 aliphatic heterocycles. The fourth-order valence-corrected chi connectivity index (χ4v) is 5.66. The number of aromatic amines is 1. The summed E-state index contributed by atoms with van der Waals surface area (Å²) < 4.78 is 4.72. The quantitative estimate of drug-likeness (QED) is 0.420. The maximum atomic E-state index is 14.2. The van der Waals surface area contributed by atoms with Crippen LogP contribution in [0.1, 0.15) is 68.9 Å². The second-order valence-corrected chi connectivity index (χ2v) is 10.2. The number of carbonyl (C=O) groups is 1. The van der Waals surface area contributed by atoms with Gasteiger partial charge in [0.1, 0.15) is 0 Å². The molecule has 1 amide bonds. The van der Waals surface area contributed by atoms with E-state index < -0.39 is 11.2 Å². The molecule has 4 rings (SSSR count). The highest BCUT2D eigenvalue weighted by atomic mass is 35.5. The van der Waals surface area contributed by atoms with Crippen molar-refractivity contribution in [1.29, 1.82) is 0 Å². The van der Waals surface area contributed by atoms with E-state index in [4.69, 9.17) is 27.7 Å². The molecule has 1 aliphatic rings. The van der Waals surface area contributed by atoms with Gasteiger partial charge in [-0.25, -0.2) is 4.79 Å². The van der Waals surface area contributed by atoms with Gasteiger partial charge in [0.05, 0.1) is 11.5 Å². The van der Waals surface area contributed by atoms with Crippen LogP contribution in [0.5, 0.6) is 0 Å². The van der Waals surface area contributed by atoms with E-state index in [0.29, 0.717) is 22.3 Å². The number of halogens is 2. The normalized spacial score (nSPS) is 23.0. The molecule has 3 aromatic rings. The van der Waals surface area contributed by atoms with Crippen LogP contribution >= 0.6 is 23.2 Å². The number of amides is 1. The van der Waals surface area contributed by atoms with Crippen molar-refractivity contribution < 1.29 is 9.32 Å². The van der Waals surface area contributed by atoms with Crippen LogP contribution in [0.3, 0.4) is 0 Å². The zero-order chi connectivity index (χ0) is 24.5. The van der Waals surface area contributed by atoms with Crippen LogP contribution in [-0.4, -0.2) is 27.0 Å². The lowest BCUT2D eigenvalue weighted by molar-refractivity contribution is -0.155. The van der Waals surface area contributed by atoms with Crippen LogP contribution in [0, 0.1) is 5.41 Å². The zero-order valence-electron chi connectivity index (χ0n) is 19.6. The molecule has 0 saturated carbocycles. The van der Waals surface area contributed by atoms with Crippen LogP contribution in [0.4, 0.5) is 0 Å². The molecular formula is C26H29Cl2N3O3. The molecule has 8 heteroatoms. The molecule has 3 atom stereocenters. The Kier molecular flexibility index (Phi) is 7.20. The highest BCUT2D eigenvalue weighted by Gasteiger charge is 2.51. The Bertz CT molecular complexity index is 1200. The van der Waals surface area contributed by atoms with E-state index in [0.717, 1.165) is 24.0 Å². The second-order valence-electron chi connectivity index (χ2n) is 9.32. The lowest BCUT2D eigenvalue weighted by Crippen LogP contribution is -2.56. The molecule has 2 aromatic carbocycles. The lowest BCUT2D eigenvalue weighted by Gasteiger charge is -2.52. The molecular weight excluding hydrogens is 473 g/mol. The number of H-pyrrole nitrogens is 1. The minimum atomic E-state index is -0.793. The van der Waals surface area contributed by atoms with Gasteiger partial charge in [0, 0.05) is 28.4 Å². The second kappa shape index (κ2) is 9.96. The first kappa shape index (κ1) is 24.6. The van der Waals surface area contributed by atoms with E-state index in [1.807, 2.05) is 49.4 Å². The van der Waals surface area contributed by atoms with E-state index in [1.165, 1.54) is 0 Å². The topological polar surface area (TPSA) is 79.2 Å². The van der Waals surface area contributed by atoms with Crippen molar-refractivity contribution in [1.82, 2.24) is 15.0 Å². The Morgan fingerprint density at radius 1 is 1.09 bits per heavy atom. The third-order valence-electron chi connectivity index (χ3n) is 6.97. The number of nitrogens with zero attached hydrogens (tertiary/aromatic N) is 2. The van der Waals surface area contributed by atoms with Crippen molar-refractivity contribution in [3.8, 4) is 0 Å². The van der Waals surface area contributed by atoms with Crippen LogP contribution in [0.15, 0.2) is 57.8 Å². The SMILES string of the molecule is CCC(CC)N1C(=O)[C@@](C)(Cc2noc(=O)[nH]2)C[C@H](c2cccc(Cl)c2)C1c1ccc(Cl)cc1. The lowest BCUT2D eigenvalue weighted by atomic mass is 9.66. The molecule has 1 fully saturated rings. The molecule has 0 aliphatic carbocycles. The minimum absolute atomic E-state index is 0.0261. The van der Waals surface area contributed by atoms with Gasteiger partial charge in [-0.05, 0) is 54.7 Å². The van der Waals surface area contributed by atoms with E-state index in [-0.39, 0.29) is 30.3 Å². The van der Waals surface area contributed by atoms with Crippen molar-refractivity contribution in [2.75, 3.05) is 0 Å². The highest BCUT2D eigenvalue weighted by Crippen LogP contribution is 2.52. The monoisotopic (exact) mass is 501 g/mol. The van der Waals surface area contributed by atoms with Crippen molar-refractivity contribution in [2.24, 2.45) is 5.41 Å². The predicted molar refractivity (Wildman–Crippen MR) is 133 cm³/mol. The Balaban J connectivity index is 1.88. The fraction of sp³-hybridized carbons (Fsp3) is 0.423. The maximum Gasteiger partial charge on any atom is 0.438 e. The molecule has 1 saturated heterocycles. The summed E-state index contributed by atoms with van der Waals surface area (Å²) in [5.74, 6) is -0.227. The third-order valence-corrected chi connectivity index (χ3v) is 7.46. The Morgan fingerprint density at radius 2 is 1.79 bits per heavy atom. The van der Waals surface area contributed by atoms with E-state index in [1.54, 1.807) is 0 Å². The van der Waals surface area contributed by atoms with Gasteiger partial charge in [0.15, 0.2) is 5.82 Å². The number of nitrogens with one attached hydrogen (secondary N) is 1. The molecule has 0 bridgehead atoms. The number of likely N-dealkylation sites (tertiary alicyclic amines) is 1. The van der Waals surface area contributed by atoms with Gasteiger partial charge in [-0.2, -0.15) is 0 Å². The maximum absolute atomic E-state index is 14.2. The largest absolute Gasteiger partial charge is 0.438 e. The van der Waals surface area contributed by atoms with Gasteiger partial charge in [0.25, 0.3) is 0 Å². The first-order valence-corrected chi connectivity index (χ1v) is 12.4. The number of benzene rings is 2. The van der Waals surface area contributed by atoms with Crippen LogP contribution in [0.2, 0.25) is 10.0 Å². The van der Waals surface area contributed by atoms with Gasteiger partial charge >= 0.3 is 5.76 Å². The van der Waals surface area contributed by atoms with Gasteiger partial charge < -0.3 is 4.90 Å². The van der Waals surface area contributed by atoms with Gasteiger partial charge in [-0.15, -0.1) is 0 Å². The number of piperidine rings is 1. The summed E-state index contributed by atoms with van der Waals surface area (Å²) in [6.45, 7) is 6.17. The summed E-state index contributed by atoms with van der Waals surface area (Å²) in [6.07, 6.45) is 2.49. The van der Waals surface area contributed by atoms with Gasteiger partial charge in [0.2, 0.25) is 5.91 Å². The average Bonchev–Trinajstić information content (AvgIpc) is 3.22. The van der Waals surface area contributed by atoms with Crippen molar-refractivity contribution >= 4 is 29.1 Å². The zero-order valence-corrected chi connectivity index (χ0v) is 21.1. The van der Waals surface area contributed by atoms with Crippen LogP contribution in [0.25, 0.3) is 0 Å². The number of hydrogen-bond acceptors (Lipinski definition) is 4. The van der Waals surface area contributed by atoms with E-state index in [9.17, 15) is 9.59 Å². The summed E-state index contributed by atoms with van der Waals surface area (Å²) in [4.78, 5) is 30.5. The standard InChI is InChI=1S/C26H29Cl2N3O3/c1-4-20(5-2)31-23(16-9-11-18(27)12-10-16)21(17-7-6-8-19(28)13-17)14-26(3,24(31)32)15-22-29-25(33)34-30-22/h6-13,20-21,23H,4-5,14-15H2,1-3H3,(H,29,30,33)/t21-,23?,26-/m1/s1. The predicted octanol–water partition coefficient (Wildman–Crippen LogP) is 6.16. The molecule has 0 spiro atoms. The van der Waals surface area contributed by atoms with Crippen molar-refractivity contribution in [2.45, 2.75) is 64.5 Å². The number of hydrogen-bond donors (Lipinski definition) is 1. The van der Waals surface area contributed by atoms with Gasteiger partial charge in [-0.3, -0.25) is 14.3 Å². The molecule has 34 heavy (non-hydrogen) atoms. The Hall–Kier alpha value is -2.57. The first-order valence-electron chi connectivity index (χ1n) is 11.6. The Labute approximate surface area is 209 Å². The molecule has 1 N–H and O–H groups in total. The number of rotatable bonds is 7. The van der Waals surface area contributed by atoms with Crippen LogP contribution < -0.4 is 5.76 Å². The molecule has 1 aromatic heterocycles.